The third kappa shape index (κ3) is 5.73. The Morgan fingerprint density at radius 2 is 1.87 bits per heavy atom. The van der Waals surface area contributed by atoms with Gasteiger partial charge in [-0.2, -0.15) is 0 Å². The quantitative estimate of drug-likeness (QED) is 0.702. The predicted octanol–water partition coefficient (Wildman–Crippen LogP) is 3.22. The highest BCUT2D eigenvalue weighted by atomic mass is 16.5. The SMILES string of the molecule is CC(C)(C)C1CC=CC1=O.CCOCC. The van der Waals surface area contributed by atoms with Crippen LogP contribution in [0.3, 0.4) is 0 Å². The molecule has 0 radical (unpaired) electrons. The molecule has 15 heavy (non-hydrogen) atoms. The Kier molecular flexibility index (Phi) is 6.50. The lowest BCUT2D eigenvalue weighted by Crippen LogP contribution is -2.23. The highest BCUT2D eigenvalue weighted by molar-refractivity contribution is 5.94. The van der Waals surface area contributed by atoms with Gasteiger partial charge in [-0.05, 0) is 31.8 Å². The van der Waals surface area contributed by atoms with Gasteiger partial charge in [-0.3, -0.25) is 4.79 Å². The molecule has 1 rings (SSSR count). The Balaban J connectivity index is 0.000000336. The van der Waals surface area contributed by atoms with Crippen molar-refractivity contribution in [1.82, 2.24) is 0 Å². The second kappa shape index (κ2) is 6.78. The van der Waals surface area contributed by atoms with Crippen molar-refractivity contribution in [3.05, 3.63) is 12.2 Å². The Morgan fingerprint density at radius 1 is 1.33 bits per heavy atom. The van der Waals surface area contributed by atoms with E-state index in [1.807, 2.05) is 19.9 Å². The molecule has 0 aromatic rings. The first-order valence-electron chi connectivity index (χ1n) is 5.71. The highest BCUT2D eigenvalue weighted by Gasteiger charge is 2.31. The van der Waals surface area contributed by atoms with Crippen LogP contribution in [0.2, 0.25) is 0 Å². The predicted molar refractivity (Wildman–Crippen MR) is 63.9 cm³/mol. The normalized spacial score (nSPS) is 20.1. The number of hydrogen-bond donors (Lipinski definition) is 0. The van der Waals surface area contributed by atoms with Crippen molar-refractivity contribution in [1.29, 1.82) is 0 Å². The minimum absolute atomic E-state index is 0.139. The first-order valence-corrected chi connectivity index (χ1v) is 5.71. The second-order valence-corrected chi connectivity index (χ2v) is 4.74. The van der Waals surface area contributed by atoms with E-state index in [0.29, 0.717) is 5.78 Å². The van der Waals surface area contributed by atoms with Crippen LogP contribution in [-0.4, -0.2) is 19.0 Å². The molecule has 0 saturated heterocycles. The summed E-state index contributed by atoms with van der Waals surface area (Å²) in [4.78, 5) is 11.1. The van der Waals surface area contributed by atoms with Gasteiger partial charge >= 0.3 is 0 Å². The third-order valence-corrected chi connectivity index (χ3v) is 2.45. The van der Waals surface area contributed by atoms with E-state index in [1.165, 1.54) is 0 Å². The minimum atomic E-state index is 0.139. The van der Waals surface area contributed by atoms with Gasteiger partial charge in [0.1, 0.15) is 0 Å². The van der Waals surface area contributed by atoms with Gasteiger partial charge in [-0.25, -0.2) is 0 Å². The fourth-order valence-electron chi connectivity index (χ4n) is 1.54. The van der Waals surface area contributed by atoms with Crippen LogP contribution in [0.15, 0.2) is 12.2 Å². The Hall–Kier alpha value is -0.630. The van der Waals surface area contributed by atoms with Crippen LogP contribution in [0.25, 0.3) is 0 Å². The molecule has 0 fully saturated rings. The Labute approximate surface area is 93.7 Å². The Bertz CT molecular complexity index is 209. The molecule has 1 aliphatic rings. The van der Waals surface area contributed by atoms with Crippen molar-refractivity contribution < 1.29 is 9.53 Å². The molecule has 0 amide bonds. The minimum Gasteiger partial charge on any atom is -0.382 e. The van der Waals surface area contributed by atoms with Crippen molar-refractivity contribution >= 4 is 5.78 Å². The van der Waals surface area contributed by atoms with Crippen molar-refractivity contribution in [2.24, 2.45) is 11.3 Å². The molecule has 88 valence electrons. The maximum atomic E-state index is 11.1. The van der Waals surface area contributed by atoms with Gasteiger partial charge in [0.25, 0.3) is 0 Å². The van der Waals surface area contributed by atoms with E-state index >= 15 is 0 Å². The number of rotatable bonds is 2. The molecule has 1 unspecified atom stereocenters. The second-order valence-electron chi connectivity index (χ2n) is 4.74. The summed E-state index contributed by atoms with van der Waals surface area (Å²) < 4.78 is 4.83. The van der Waals surface area contributed by atoms with Crippen LogP contribution in [0.5, 0.6) is 0 Å². The molecular weight excluding hydrogens is 188 g/mol. The summed E-state index contributed by atoms with van der Waals surface area (Å²) in [6.45, 7) is 12.0. The number of carbonyl (C=O) groups is 1. The van der Waals surface area contributed by atoms with Crippen molar-refractivity contribution in [3.8, 4) is 0 Å². The number of carbonyl (C=O) groups excluding carboxylic acids is 1. The van der Waals surface area contributed by atoms with Gasteiger partial charge in [-0.15, -0.1) is 0 Å². The first-order chi connectivity index (χ1) is 6.93. The van der Waals surface area contributed by atoms with Gasteiger partial charge in [0.15, 0.2) is 5.78 Å². The van der Waals surface area contributed by atoms with Crippen LogP contribution >= 0.6 is 0 Å². The molecule has 2 nitrogen and oxygen atoms in total. The number of hydrogen-bond acceptors (Lipinski definition) is 2. The van der Waals surface area contributed by atoms with Crippen LogP contribution in [0.4, 0.5) is 0 Å². The summed E-state index contributed by atoms with van der Waals surface area (Å²) in [6.07, 6.45) is 4.61. The van der Waals surface area contributed by atoms with E-state index in [0.717, 1.165) is 19.6 Å². The lowest BCUT2D eigenvalue weighted by atomic mass is 9.79. The summed E-state index contributed by atoms with van der Waals surface area (Å²) in [5.74, 6) is 0.528. The van der Waals surface area contributed by atoms with Crippen LogP contribution in [0.1, 0.15) is 41.0 Å². The molecule has 1 atom stereocenters. The van der Waals surface area contributed by atoms with Gasteiger partial charge < -0.3 is 4.74 Å². The summed E-state index contributed by atoms with van der Waals surface area (Å²) in [6, 6.07) is 0. The van der Waals surface area contributed by atoms with E-state index in [2.05, 4.69) is 20.8 Å². The fourth-order valence-corrected chi connectivity index (χ4v) is 1.54. The topological polar surface area (TPSA) is 26.3 Å². The molecule has 0 aliphatic heterocycles. The summed E-state index contributed by atoms with van der Waals surface area (Å²) in [7, 11) is 0. The van der Waals surface area contributed by atoms with Gasteiger partial charge in [0.05, 0.1) is 0 Å². The lowest BCUT2D eigenvalue weighted by Gasteiger charge is -2.24. The highest BCUT2D eigenvalue weighted by Crippen LogP contribution is 2.32. The summed E-state index contributed by atoms with van der Waals surface area (Å²) in [5.41, 5.74) is 0.139. The first kappa shape index (κ1) is 14.4. The monoisotopic (exact) mass is 212 g/mol. The third-order valence-electron chi connectivity index (χ3n) is 2.45. The zero-order valence-electron chi connectivity index (χ0n) is 10.7. The summed E-state index contributed by atoms with van der Waals surface area (Å²) >= 11 is 0. The molecule has 2 heteroatoms. The molecule has 0 aromatic heterocycles. The van der Waals surface area contributed by atoms with Crippen LogP contribution in [0, 0.1) is 11.3 Å². The average molecular weight is 212 g/mol. The zero-order valence-corrected chi connectivity index (χ0v) is 10.7. The van der Waals surface area contributed by atoms with Crippen LogP contribution < -0.4 is 0 Å². The van der Waals surface area contributed by atoms with Crippen molar-refractivity contribution in [3.63, 3.8) is 0 Å². The number of ketones is 1. The zero-order chi connectivity index (χ0) is 11.9. The molecule has 0 N–H and O–H groups in total. The number of allylic oxidation sites excluding steroid dienone is 2. The molecule has 0 bridgehead atoms. The standard InChI is InChI=1S/C9H14O.C4H10O/c1-9(2,3)7-5-4-6-8(7)10;1-3-5-4-2/h4,6-7H,5H2,1-3H3;3-4H2,1-2H3. The largest absolute Gasteiger partial charge is 0.382 e. The maximum Gasteiger partial charge on any atom is 0.159 e. The fraction of sp³-hybridized carbons (Fsp3) is 0.769. The van der Waals surface area contributed by atoms with Gasteiger partial charge in [-0.1, -0.05) is 26.8 Å². The molecule has 0 aromatic carbocycles. The van der Waals surface area contributed by atoms with Crippen molar-refractivity contribution in [2.75, 3.05) is 13.2 Å². The molecule has 1 aliphatic carbocycles. The van der Waals surface area contributed by atoms with E-state index in [4.69, 9.17) is 4.74 Å². The van der Waals surface area contributed by atoms with E-state index in [9.17, 15) is 4.79 Å². The summed E-state index contributed by atoms with van der Waals surface area (Å²) in [5, 5.41) is 0. The van der Waals surface area contributed by atoms with E-state index in [-0.39, 0.29) is 11.3 Å². The lowest BCUT2D eigenvalue weighted by molar-refractivity contribution is -0.120. The molecular formula is C13H24O2. The van der Waals surface area contributed by atoms with Gasteiger partial charge in [0.2, 0.25) is 0 Å². The Morgan fingerprint density at radius 3 is 2.00 bits per heavy atom. The van der Waals surface area contributed by atoms with E-state index in [1.54, 1.807) is 6.08 Å². The molecule has 0 saturated carbocycles. The van der Waals surface area contributed by atoms with Crippen LogP contribution in [-0.2, 0) is 9.53 Å². The van der Waals surface area contributed by atoms with Crippen molar-refractivity contribution in [2.45, 2.75) is 41.0 Å². The molecule has 0 spiro atoms. The smallest absolute Gasteiger partial charge is 0.159 e. The average Bonchev–Trinajstić information content (AvgIpc) is 2.53. The number of ether oxygens (including phenoxy) is 1. The maximum absolute atomic E-state index is 11.1. The molecule has 0 heterocycles. The van der Waals surface area contributed by atoms with Gasteiger partial charge in [0, 0.05) is 19.1 Å². The van der Waals surface area contributed by atoms with E-state index < -0.39 is 0 Å².